The van der Waals surface area contributed by atoms with E-state index in [1.807, 2.05) is 0 Å². The molecule has 8 nitrogen and oxygen atoms in total. The number of fused-ring (bicyclic) bond motifs is 2. The van der Waals surface area contributed by atoms with E-state index in [1.54, 1.807) is 47.5 Å². The monoisotopic (exact) mass is 438 g/mol. The average Bonchev–Trinajstić information content (AvgIpc) is 3.16. The predicted molar refractivity (Wildman–Crippen MR) is 105 cm³/mol. The lowest BCUT2D eigenvalue weighted by molar-refractivity contribution is -0.138. The fourth-order valence-corrected chi connectivity index (χ4v) is 4.38. The molecule has 0 saturated carbocycles. The van der Waals surface area contributed by atoms with Gasteiger partial charge >= 0.3 is 5.97 Å². The molecule has 1 saturated heterocycles. The molecule has 29 heavy (non-hydrogen) atoms. The number of benzene rings is 2. The van der Waals surface area contributed by atoms with Crippen LogP contribution in [0.3, 0.4) is 0 Å². The van der Waals surface area contributed by atoms with E-state index in [-0.39, 0.29) is 18.0 Å². The molecule has 4 rings (SSSR count). The molecule has 154 valence electrons. The van der Waals surface area contributed by atoms with Crippen LogP contribution in [0, 0.1) is 0 Å². The number of carbonyl (C=O) groups is 1. The molecule has 2 heterocycles. The molecule has 2 aliphatic rings. The fourth-order valence-electron chi connectivity index (χ4n) is 3.58. The van der Waals surface area contributed by atoms with Crippen LogP contribution in [0.15, 0.2) is 47.4 Å². The minimum Gasteiger partial charge on any atom is -0.480 e. The van der Waals surface area contributed by atoms with Crippen molar-refractivity contribution in [3.05, 3.63) is 58.6 Å². The Morgan fingerprint density at radius 3 is 2.62 bits per heavy atom. The number of carboxylic acid groups (broad SMARTS) is 1. The minimum atomic E-state index is -3.25. The highest BCUT2D eigenvalue weighted by atomic mass is 35.5. The minimum absolute atomic E-state index is 0.206. The van der Waals surface area contributed by atoms with E-state index in [9.17, 15) is 18.3 Å². The summed E-state index contributed by atoms with van der Waals surface area (Å²) in [6.07, 6.45) is 1.16. The summed E-state index contributed by atoms with van der Waals surface area (Å²) in [7, 11) is -3.25. The molecule has 1 N–H and O–H groups in total. The molecule has 10 heteroatoms. The molecule has 2 aromatic rings. The Morgan fingerprint density at radius 2 is 1.97 bits per heavy atom. The summed E-state index contributed by atoms with van der Waals surface area (Å²) in [6.45, 7) is 0.690. The summed E-state index contributed by atoms with van der Waals surface area (Å²) in [6, 6.07) is 11.8. The second kappa shape index (κ2) is 7.26. The Bertz CT molecular complexity index is 1060. The van der Waals surface area contributed by atoms with Gasteiger partial charge in [0.2, 0.25) is 0 Å². The normalized spacial score (nSPS) is 21.7. The molecule has 2 aromatic carbocycles. The van der Waals surface area contributed by atoms with Crippen LogP contribution in [0.4, 0.5) is 5.69 Å². The quantitative estimate of drug-likeness (QED) is 0.759. The summed E-state index contributed by atoms with van der Waals surface area (Å²) in [5.74, 6) is -1.01. The maximum atomic E-state index is 11.6. The SMILES string of the molecule is CS(=O)(=O)c1ccc(CN2CC3(CO2)ON(CC(=O)O)c2ccc(Cl)cc23)cc1. The van der Waals surface area contributed by atoms with Crippen LogP contribution in [0.5, 0.6) is 0 Å². The van der Waals surface area contributed by atoms with Crippen LogP contribution in [0.25, 0.3) is 0 Å². The molecule has 0 aliphatic carbocycles. The lowest BCUT2D eigenvalue weighted by Gasteiger charge is -2.23. The second-order valence-electron chi connectivity index (χ2n) is 7.16. The number of hydroxylamine groups is 3. The van der Waals surface area contributed by atoms with Gasteiger partial charge in [-0.15, -0.1) is 0 Å². The number of hydrogen-bond donors (Lipinski definition) is 1. The van der Waals surface area contributed by atoms with E-state index in [0.717, 1.165) is 17.4 Å². The van der Waals surface area contributed by atoms with Gasteiger partial charge in [0, 0.05) is 23.4 Å². The highest BCUT2D eigenvalue weighted by Gasteiger charge is 2.51. The van der Waals surface area contributed by atoms with Crippen LogP contribution in [0.1, 0.15) is 11.1 Å². The van der Waals surface area contributed by atoms with Gasteiger partial charge in [0.1, 0.15) is 13.2 Å². The van der Waals surface area contributed by atoms with E-state index < -0.39 is 21.4 Å². The van der Waals surface area contributed by atoms with Gasteiger partial charge in [-0.25, -0.2) is 13.5 Å². The fraction of sp³-hybridized carbons (Fsp3) is 0.316. The number of rotatable bonds is 5. The Labute approximate surface area is 173 Å². The van der Waals surface area contributed by atoms with Crippen molar-refractivity contribution < 1.29 is 28.0 Å². The topological polar surface area (TPSA) is 96.4 Å². The highest BCUT2D eigenvalue weighted by molar-refractivity contribution is 7.90. The summed E-state index contributed by atoms with van der Waals surface area (Å²) in [5, 5.41) is 12.8. The zero-order valence-corrected chi connectivity index (χ0v) is 17.1. The van der Waals surface area contributed by atoms with Gasteiger partial charge in [0.25, 0.3) is 0 Å². The summed E-state index contributed by atoms with van der Waals surface area (Å²) >= 11 is 6.16. The van der Waals surface area contributed by atoms with Crippen molar-refractivity contribution in [2.24, 2.45) is 0 Å². The van der Waals surface area contributed by atoms with Gasteiger partial charge in [-0.05, 0) is 35.9 Å². The molecule has 2 aliphatic heterocycles. The predicted octanol–water partition coefficient (Wildman–Crippen LogP) is 2.22. The second-order valence-corrected chi connectivity index (χ2v) is 9.62. The molecule has 0 aromatic heterocycles. The number of hydrogen-bond acceptors (Lipinski definition) is 7. The average molecular weight is 439 g/mol. The molecule has 0 radical (unpaired) electrons. The number of carboxylic acids is 1. The molecule has 0 bridgehead atoms. The van der Waals surface area contributed by atoms with Crippen molar-refractivity contribution in [2.45, 2.75) is 17.0 Å². The van der Waals surface area contributed by atoms with Gasteiger partial charge in [-0.1, -0.05) is 23.7 Å². The Hall–Kier alpha value is -2.17. The van der Waals surface area contributed by atoms with E-state index in [0.29, 0.717) is 23.8 Å². The number of halogens is 1. The van der Waals surface area contributed by atoms with E-state index >= 15 is 0 Å². The molecule has 1 atom stereocenters. The van der Waals surface area contributed by atoms with Crippen molar-refractivity contribution >= 4 is 33.1 Å². The van der Waals surface area contributed by atoms with Crippen molar-refractivity contribution in [3.8, 4) is 0 Å². The zero-order valence-electron chi connectivity index (χ0n) is 15.5. The third kappa shape index (κ3) is 3.96. The van der Waals surface area contributed by atoms with Crippen molar-refractivity contribution in [2.75, 3.05) is 31.0 Å². The lowest BCUT2D eigenvalue weighted by atomic mass is 9.94. The maximum absolute atomic E-state index is 11.6. The van der Waals surface area contributed by atoms with E-state index in [2.05, 4.69) is 0 Å². The standard InChI is InChI=1S/C19H19ClN2O6S/c1-29(25,26)15-5-2-13(3-6-15)9-21-11-19(12-27-21)16-8-14(20)4-7-17(16)22(28-19)10-18(23)24/h2-8H,9-12H2,1H3,(H,23,24). The molecular weight excluding hydrogens is 420 g/mol. The largest absolute Gasteiger partial charge is 0.480 e. The first kappa shape index (κ1) is 20.1. The van der Waals surface area contributed by atoms with Gasteiger partial charge in [0.05, 0.1) is 17.1 Å². The van der Waals surface area contributed by atoms with Crippen LogP contribution in [0.2, 0.25) is 5.02 Å². The number of aliphatic carboxylic acids is 1. The number of anilines is 1. The Kier molecular flexibility index (Phi) is 5.04. The Morgan fingerprint density at radius 1 is 1.24 bits per heavy atom. The summed E-state index contributed by atoms with van der Waals surface area (Å²) in [4.78, 5) is 23.3. The van der Waals surface area contributed by atoms with Crippen LogP contribution in [-0.4, -0.2) is 50.5 Å². The van der Waals surface area contributed by atoms with Crippen molar-refractivity contribution in [3.63, 3.8) is 0 Å². The van der Waals surface area contributed by atoms with Crippen LogP contribution in [-0.2, 0) is 36.5 Å². The van der Waals surface area contributed by atoms with E-state index in [4.69, 9.17) is 21.3 Å². The number of sulfone groups is 1. The maximum Gasteiger partial charge on any atom is 0.325 e. The van der Waals surface area contributed by atoms with Gasteiger partial charge in [-0.2, -0.15) is 5.06 Å². The van der Waals surface area contributed by atoms with Gasteiger partial charge < -0.3 is 5.11 Å². The molecule has 0 amide bonds. The van der Waals surface area contributed by atoms with Crippen molar-refractivity contribution in [1.29, 1.82) is 0 Å². The van der Waals surface area contributed by atoms with Crippen LogP contribution >= 0.6 is 11.6 Å². The molecule has 1 spiro atoms. The van der Waals surface area contributed by atoms with Gasteiger partial charge in [0.15, 0.2) is 15.4 Å². The molecule has 1 unspecified atom stereocenters. The number of nitrogens with zero attached hydrogens (tertiary/aromatic N) is 2. The smallest absolute Gasteiger partial charge is 0.325 e. The first-order valence-electron chi connectivity index (χ1n) is 8.82. The van der Waals surface area contributed by atoms with Gasteiger partial charge in [-0.3, -0.25) is 14.5 Å². The summed E-state index contributed by atoms with van der Waals surface area (Å²) in [5.41, 5.74) is 1.45. The van der Waals surface area contributed by atoms with E-state index in [1.165, 1.54) is 5.06 Å². The molecule has 1 fully saturated rings. The first-order valence-corrected chi connectivity index (χ1v) is 11.1. The third-order valence-electron chi connectivity index (χ3n) is 4.90. The zero-order chi connectivity index (χ0) is 20.8. The Balaban J connectivity index is 1.54. The van der Waals surface area contributed by atoms with Crippen molar-refractivity contribution in [1.82, 2.24) is 5.06 Å². The molecular formula is C19H19ClN2O6S. The third-order valence-corrected chi connectivity index (χ3v) is 6.27. The summed E-state index contributed by atoms with van der Waals surface area (Å²) < 4.78 is 23.2. The van der Waals surface area contributed by atoms with Crippen LogP contribution < -0.4 is 5.06 Å². The highest BCUT2D eigenvalue weighted by Crippen LogP contribution is 2.46. The first-order chi connectivity index (χ1) is 13.7. The lowest BCUT2D eigenvalue weighted by Crippen LogP contribution is -2.37.